The SMILES string of the molecule is CCNC(C)(COC1CCC(C)(C)CC1)C(N)=O. The fourth-order valence-electron chi connectivity index (χ4n) is 2.42. The van der Waals surface area contributed by atoms with Crippen molar-refractivity contribution in [1.29, 1.82) is 0 Å². The molecule has 0 radical (unpaired) electrons. The monoisotopic (exact) mass is 256 g/mol. The molecule has 1 rings (SSSR count). The number of likely N-dealkylation sites (N-methyl/N-ethyl adjacent to an activating group) is 1. The van der Waals surface area contributed by atoms with Gasteiger partial charge in [-0.15, -0.1) is 0 Å². The van der Waals surface area contributed by atoms with Gasteiger partial charge in [-0.1, -0.05) is 20.8 Å². The summed E-state index contributed by atoms with van der Waals surface area (Å²) < 4.78 is 5.89. The standard InChI is InChI=1S/C14H28N2O2/c1-5-16-14(4,12(15)17)10-18-11-6-8-13(2,3)9-7-11/h11,16H,5-10H2,1-4H3,(H2,15,17). The van der Waals surface area contributed by atoms with Crippen LogP contribution in [0.1, 0.15) is 53.4 Å². The third-order valence-corrected chi connectivity index (χ3v) is 4.00. The van der Waals surface area contributed by atoms with E-state index in [0.717, 1.165) is 12.8 Å². The highest BCUT2D eigenvalue weighted by Crippen LogP contribution is 2.36. The van der Waals surface area contributed by atoms with Crippen molar-refractivity contribution < 1.29 is 9.53 Å². The van der Waals surface area contributed by atoms with Crippen molar-refractivity contribution in [2.24, 2.45) is 11.1 Å². The van der Waals surface area contributed by atoms with Gasteiger partial charge in [0.25, 0.3) is 0 Å². The van der Waals surface area contributed by atoms with Crippen LogP contribution in [-0.2, 0) is 9.53 Å². The van der Waals surface area contributed by atoms with Crippen molar-refractivity contribution in [2.45, 2.75) is 65.0 Å². The number of rotatable bonds is 6. The van der Waals surface area contributed by atoms with E-state index < -0.39 is 5.54 Å². The molecule has 1 aliphatic carbocycles. The van der Waals surface area contributed by atoms with Crippen LogP contribution in [0.25, 0.3) is 0 Å². The summed E-state index contributed by atoms with van der Waals surface area (Å²) in [6.45, 7) is 9.45. The zero-order valence-corrected chi connectivity index (χ0v) is 12.2. The van der Waals surface area contributed by atoms with E-state index in [1.54, 1.807) is 0 Å². The van der Waals surface area contributed by atoms with Crippen LogP contribution < -0.4 is 11.1 Å². The van der Waals surface area contributed by atoms with Crippen LogP contribution >= 0.6 is 0 Å². The van der Waals surface area contributed by atoms with Gasteiger partial charge in [0, 0.05) is 0 Å². The first-order valence-electron chi connectivity index (χ1n) is 6.95. The highest BCUT2D eigenvalue weighted by molar-refractivity contribution is 5.84. The first kappa shape index (κ1) is 15.4. The lowest BCUT2D eigenvalue weighted by Gasteiger charge is -2.36. The number of hydrogen-bond acceptors (Lipinski definition) is 3. The lowest BCUT2D eigenvalue weighted by Crippen LogP contribution is -2.56. The van der Waals surface area contributed by atoms with Crippen LogP contribution in [0.5, 0.6) is 0 Å². The molecule has 1 aliphatic rings. The van der Waals surface area contributed by atoms with Crippen molar-refractivity contribution in [3.63, 3.8) is 0 Å². The first-order chi connectivity index (χ1) is 8.29. The van der Waals surface area contributed by atoms with E-state index >= 15 is 0 Å². The summed E-state index contributed by atoms with van der Waals surface area (Å²) in [7, 11) is 0. The second-order valence-electron chi connectivity index (χ2n) is 6.40. The molecule has 1 fully saturated rings. The smallest absolute Gasteiger partial charge is 0.239 e. The van der Waals surface area contributed by atoms with Crippen LogP contribution in [0.2, 0.25) is 0 Å². The molecule has 0 bridgehead atoms. The second kappa shape index (κ2) is 6.02. The summed E-state index contributed by atoms with van der Waals surface area (Å²) in [6.07, 6.45) is 4.80. The molecule has 18 heavy (non-hydrogen) atoms. The van der Waals surface area contributed by atoms with Gasteiger partial charge in [-0.25, -0.2) is 0 Å². The Balaban J connectivity index is 2.42. The van der Waals surface area contributed by atoms with Crippen LogP contribution in [0, 0.1) is 5.41 Å². The molecule has 4 heteroatoms. The Morgan fingerprint density at radius 1 is 1.44 bits per heavy atom. The number of nitrogens with two attached hydrogens (primary N) is 1. The van der Waals surface area contributed by atoms with Crippen molar-refractivity contribution in [1.82, 2.24) is 5.32 Å². The van der Waals surface area contributed by atoms with Crippen LogP contribution in [0.15, 0.2) is 0 Å². The van der Waals surface area contributed by atoms with Crippen molar-refractivity contribution in [3.8, 4) is 0 Å². The molecule has 3 N–H and O–H groups in total. The van der Waals surface area contributed by atoms with Gasteiger partial charge in [0.2, 0.25) is 5.91 Å². The highest BCUT2D eigenvalue weighted by Gasteiger charge is 2.33. The minimum absolute atomic E-state index is 0.273. The third-order valence-electron chi connectivity index (χ3n) is 4.00. The molecule has 4 nitrogen and oxygen atoms in total. The Morgan fingerprint density at radius 3 is 2.44 bits per heavy atom. The predicted octanol–water partition coefficient (Wildman–Crippen LogP) is 1.83. The van der Waals surface area contributed by atoms with E-state index in [0.29, 0.717) is 18.6 Å². The quantitative estimate of drug-likeness (QED) is 0.762. The molecule has 106 valence electrons. The Bertz CT molecular complexity index is 282. The molecule has 1 amide bonds. The Morgan fingerprint density at radius 2 is 2.00 bits per heavy atom. The van der Waals surface area contributed by atoms with E-state index in [4.69, 9.17) is 10.5 Å². The van der Waals surface area contributed by atoms with Gasteiger partial charge in [-0.3, -0.25) is 4.79 Å². The average molecular weight is 256 g/mol. The zero-order chi connectivity index (χ0) is 13.8. The van der Waals surface area contributed by atoms with Gasteiger partial charge in [-0.2, -0.15) is 0 Å². The number of ether oxygens (including phenoxy) is 1. The number of carbonyl (C=O) groups is 1. The van der Waals surface area contributed by atoms with E-state index in [1.165, 1.54) is 12.8 Å². The number of amides is 1. The van der Waals surface area contributed by atoms with Gasteiger partial charge < -0.3 is 15.8 Å². The van der Waals surface area contributed by atoms with E-state index in [-0.39, 0.29) is 12.0 Å². The number of nitrogens with one attached hydrogen (secondary N) is 1. The summed E-state index contributed by atoms with van der Waals surface area (Å²) in [5.41, 5.74) is 5.13. The van der Waals surface area contributed by atoms with E-state index in [9.17, 15) is 4.79 Å². The first-order valence-corrected chi connectivity index (χ1v) is 6.95. The Kier molecular flexibility index (Phi) is 5.17. The summed E-state index contributed by atoms with van der Waals surface area (Å²) in [5, 5.41) is 3.11. The maximum atomic E-state index is 11.5. The molecule has 0 aromatic carbocycles. The molecular formula is C14H28N2O2. The Hall–Kier alpha value is -0.610. The van der Waals surface area contributed by atoms with Crippen molar-refractivity contribution in [2.75, 3.05) is 13.2 Å². The molecule has 0 aromatic rings. The third kappa shape index (κ3) is 4.25. The molecule has 1 saturated carbocycles. The molecule has 0 spiro atoms. The molecule has 0 saturated heterocycles. The van der Waals surface area contributed by atoms with Gasteiger partial charge >= 0.3 is 0 Å². The molecule has 1 unspecified atom stereocenters. The molecule has 0 heterocycles. The van der Waals surface area contributed by atoms with Crippen molar-refractivity contribution in [3.05, 3.63) is 0 Å². The predicted molar refractivity (Wildman–Crippen MR) is 73.3 cm³/mol. The van der Waals surface area contributed by atoms with Crippen LogP contribution in [-0.4, -0.2) is 30.7 Å². The van der Waals surface area contributed by atoms with E-state index in [2.05, 4.69) is 19.2 Å². The molecule has 0 aromatic heterocycles. The van der Waals surface area contributed by atoms with Gasteiger partial charge in [-0.05, 0) is 44.6 Å². The maximum absolute atomic E-state index is 11.5. The number of hydrogen-bond donors (Lipinski definition) is 2. The van der Waals surface area contributed by atoms with E-state index in [1.807, 2.05) is 13.8 Å². The Labute approximate surface area is 111 Å². The fourth-order valence-corrected chi connectivity index (χ4v) is 2.42. The minimum atomic E-state index is -0.748. The van der Waals surface area contributed by atoms with Gasteiger partial charge in [0.05, 0.1) is 12.7 Å². The van der Waals surface area contributed by atoms with Gasteiger partial charge in [0.1, 0.15) is 5.54 Å². The highest BCUT2D eigenvalue weighted by atomic mass is 16.5. The molecule has 1 atom stereocenters. The molecule has 0 aliphatic heterocycles. The minimum Gasteiger partial charge on any atom is -0.376 e. The fraction of sp³-hybridized carbons (Fsp3) is 0.929. The largest absolute Gasteiger partial charge is 0.376 e. The topological polar surface area (TPSA) is 64.3 Å². The molecular weight excluding hydrogens is 228 g/mol. The van der Waals surface area contributed by atoms with Crippen LogP contribution in [0.4, 0.5) is 0 Å². The van der Waals surface area contributed by atoms with Gasteiger partial charge in [0.15, 0.2) is 0 Å². The summed E-state index contributed by atoms with van der Waals surface area (Å²) >= 11 is 0. The lowest BCUT2D eigenvalue weighted by atomic mass is 9.76. The average Bonchev–Trinajstić information content (AvgIpc) is 2.28. The van der Waals surface area contributed by atoms with Crippen LogP contribution in [0.3, 0.4) is 0 Å². The summed E-state index contributed by atoms with van der Waals surface area (Å²) in [6, 6.07) is 0. The second-order valence-corrected chi connectivity index (χ2v) is 6.40. The zero-order valence-electron chi connectivity index (χ0n) is 12.2. The number of carbonyl (C=O) groups excluding carboxylic acids is 1. The summed E-state index contributed by atoms with van der Waals surface area (Å²) in [5.74, 6) is -0.347. The summed E-state index contributed by atoms with van der Waals surface area (Å²) in [4.78, 5) is 11.5. The lowest BCUT2D eigenvalue weighted by molar-refractivity contribution is -0.128. The van der Waals surface area contributed by atoms with Crippen molar-refractivity contribution >= 4 is 5.91 Å². The normalized spacial score (nSPS) is 23.6. The maximum Gasteiger partial charge on any atom is 0.239 e. The number of primary amides is 1.